The van der Waals surface area contributed by atoms with Crippen LogP contribution in [0.3, 0.4) is 0 Å². The van der Waals surface area contributed by atoms with Gasteiger partial charge in [0.2, 0.25) is 0 Å². The van der Waals surface area contributed by atoms with E-state index in [-0.39, 0.29) is 5.91 Å². The number of fused-ring (bicyclic) bond motifs is 1. The summed E-state index contributed by atoms with van der Waals surface area (Å²) in [7, 11) is 0. The second kappa shape index (κ2) is 5.92. The first-order chi connectivity index (χ1) is 11.1. The van der Waals surface area contributed by atoms with Crippen molar-refractivity contribution in [3.05, 3.63) is 65.6 Å². The summed E-state index contributed by atoms with van der Waals surface area (Å²) in [5.41, 5.74) is 12.4. The number of benzene rings is 1. The standard InChI is InChI=1S/C17H17N5O/c1-11(13-6-8-14(18)9-7-13)20-21-17(23)16-12(2)19-15-5-3-4-10-22(15)16/h3-10H,18H2,1-2H3,(H,21,23)/b20-11+. The van der Waals surface area contributed by atoms with Crippen molar-refractivity contribution < 1.29 is 4.79 Å². The summed E-state index contributed by atoms with van der Waals surface area (Å²) in [4.78, 5) is 16.8. The van der Waals surface area contributed by atoms with Crippen molar-refractivity contribution in [1.29, 1.82) is 0 Å². The van der Waals surface area contributed by atoms with Crippen molar-refractivity contribution >= 4 is 23.0 Å². The highest BCUT2D eigenvalue weighted by Crippen LogP contribution is 2.12. The molecule has 3 rings (SSSR count). The van der Waals surface area contributed by atoms with E-state index >= 15 is 0 Å². The molecule has 2 heterocycles. The minimum absolute atomic E-state index is 0.295. The Kier molecular flexibility index (Phi) is 3.80. The van der Waals surface area contributed by atoms with Gasteiger partial charge in [0, 0.05) is 11.9 Å². The summed E-state index contributed by atoms with van der Waals surface area (Å²) >= 11 is 0. The van der Waals surface area contributed by atoms with Gasteiger partial charge in [0.1, 0.15) is 11.3 Å². The highest BCUT2D eigenvalue weighted by Gasteiger charge is 2.15. The topological polar surface area (TPSA) is 84.8 Å². The number of imidazole rings is 1. The molecule has 116 valence electrons. The molecule has 0 radical (unpaired) electrons. The number of nitrogens with zero attached hydrogens (tertiary/aromatic N) is 3. The second-order valence-corrected chi connectivity index (χ2v) is 5.23. The molecule has 0 fully saturated rings. The van der Waals surface area contributed by atoms with E-state index in [1.807, 2.05) is 37.3 Å². The lowest BCUT2D eigenvalue weighted by Crippen LogP contribution is -2.21. The Hall–Kier alpha value is -3.15. The van der Waals surface area contributed by atoms with Gasteiger partial charge in [0.05, 0.1) is 11.4 Å². The summed E-state index contributed by atoms with van der Waals surface area (Å²) in [5, 5.41) is 4.16. The van der Waals surface area contributed by atoms with Crippen molar-refractivity contribution in [2.24, 2.45) is 5.10 Å². The number of carbonyl (C=O) groups is 1. The van der Waals surface area contributed by atoms with E-state index in [1.165, 1.54) is 0 Å². The molecular formula is C17H17N5O. The van der Waals surface area contributed by atoms with Crippen molar-refractivity contribution in [3.63, 3.8) is 0 Å². The van der Waals surface area contributed by atoms with E-state index < -0.39 is 0 Å². The third-order valence-electron chi connectivity index (χ3n) is 3.57. The Morgan fingerprint density at radius 2 is 1.96 bits per heavy atom. The number of rotatable bonds is 3. The Labute approximate surface area is 133 Å². The maximum absolute atomic E-state index is 12.4. The van der Waals surface area contributed by atoms with Gasteiger partial charge < -0.3 is 5.73 Å². The molecule has 2 aromatic heterocycles. The lowest BCUT2D eigenvalue weighted by Gasteiger charge is -2.04. The Balaban J connectivity index is 1.85. The number of anilines is 1. The monoisotopic (exact) mass is 307 g/mol. The number of nitrogens with one attached hydrogen (secondary N) is 1. The summed E-state index contributed by atoms with van der Waals surface area (Å²) in [6.07, 6.45) is 1.81. The fourth-order valence-corrected chi connectivity index (χ4v) is 2.36. The Morgan fingerprint density at radius 3 is 2.70 bits per heavy atom. The molecule has 0 bridgehead atoms. The minimum atomic E-state index is -0.295. The second-order valence-electron chi connectivity index (χ2n) is 5.23. The average Bonchev–Trinajstić information content (AvgIpc) is 2.88. The first-order valence-corrected chi connectivity index (χ1v) is 7.20. The summed E-state index contributed by atoms with van der Waals surface area (Å²) in [6, 6.07) is 12.9. The first kappa shape index (κ1) is 14.8. The lowest BCUT2D eigenvalue weighted by atomic mass is 10.1. The van der Waals surface area contributed by atoms with E-state index in [9.17, 15) is 4.79 Å². The molecule has 0 saturated heterocycles. The molecule has 0 aliphatic carbocycles. The van der Waals surface area contributed by atoms with Gasteiger partial charge in [-0.2, -0.15) is 5.10 Å². The Bertz CT molecular complexity index is 893. The number of amides is 1. The number of hydrazone groups is 1. The zero-order chi connectivity index (χ0) is 16.4. The number of carbonyl (C=O) groups excluding carboxylic acids is 1. The van der Waals surface area contributed by atoms with Crippen LogP contribution in [0, 0.1) is 6.92 Å². The maximum Gasteiger partial charge on any atom is 0.290 e. The van der Waals surface area contributed by atoms with Crippen molar-refractivity contribution in [3.8, 4) is 0 Å². The van der Waals surface area contributed by atoms with E-state index in [1.54, 1.807) is 29.7 Å². The third-order valence-corrected chi connectivity index (χ3v) is 3.57. The predicted octanol–water partition coefficient (Wildman–Crippen LogP) is 2.38. The van der Waals surface area contributed by atoms with Crippen LogP contribution in [0.5, 0.6) is 0 Å². The van der Waals surface area contributed by atoms with Crippen LogP contribution in [0.15, 0.2) is 53.8 Å². The zero-order valence-corrected chi connectivity index (χ0v) is 12.9. The molecule has 1 aromatic carbocycles. The van der Waals surface area contributed by atoms with Crippen LogP contribution in [-0.4, -0.2) is 21.0 Å². The molecular weight excluding hydrogens is 290 g/mol. The van der Waals surface area contributed by atoms with E-state index in [0.29, 0.717) is 22.8 Å². The number of hydrogen-bond donors (Lipinski definition) is 2. The van der Waals surface area contributed by atoms with Crippen molar-refractivity contribution in [2.45, 2.75) is 13.8 Å². The van der Waals surface area contributed by atoms with E-state index in [2.05, 4.69) is 15.5 Å². The number of aryl methyl sites for hydroxylation is 1. The van der Waals surface area contributed by atoms with Crippen LogP contribution in [-0.2, 0) is 0 Å². The van der Waals surface area contributed by atoms with Crippen LogP contribution in [0.2, 0.25) is 0 Å². The smallest absolute Gasteiger partial charge is 0.290 e. The van der Waals surface area contributed by atoms with Crippen LogP contribution >= 0.6 is 0 Å². The highest BCUT2D eigenvalue weighted by molar-refractivity contribution is 6.01. The molecule has 0 spiro atoms. The molecule has 3 aromatic rings. The molecule has 6 nitrogen and oxygen atoms in total. The molecule has 0 atom stereocenters. The molecule has 3 N–H and O–H groups in total. The average molecular weight is 307 g/mol. The first-order valence-electron chi connectivity index (χ1n) is 7.20. The van der Waals surface area contributed by atoms with Gasteiger partial charge in [-0.25, -0.2) is 10.4 Å². The molecule has 1 amide bonds. The van der Waals surface area contributed by atoms with Gasteiger partial charge in [-0.3, -0.25) is 9.20 Å². The van der Waals surface area contributed by atoms with Crippen LogP contribution in [0.1, 0.15) is 28.7 Å². The largest absolute Gasteiger partial charge is 0.399 e. The lowest BCUT2D eigenvalue weighted by molar-refractivity contribution is 0.0948. The normalized spacial score (nSPS) is 11.7. The fraction of sp³-hybridized carbons (Fsp3) is 0.118. The van der Waals surface area contributed by atoms with Gasteiger partial charge >= 0.3 is 0 Å². The number of hydrogen-bond acceptors (Lipinski definition) is 4. The molecule has 0 aliphatic heterocycles. The van der Waals surface area contributed by atoms with Gasteiger partial charge in [0.25, 0.3) is 5.91 Å². The van der Waals surface area contributed by atoms with Gasteiger partial charge in [-0.05, 0) is 43.7 Å². The van der Waals surface area contributed by atoms with Crippen LogP contribution in [0.25, 0.3) is 5.65 Å². The maximum atomic E-state index is 12.4. The number of nitrogens with two attached hydrogens (primary N) is 1. The molecule has 6 heteroatoms. The summed E-state index contributed by atoms with van der Waals surface area (Å²) < 4.78 is 1.75. The van der Waals surface area contributed by atoms with Crippen molar-refractivity contribution in [2.75, 3.05) is 5.73 Å². The van der Waals surface area contributed by atoms with E-state index in [4.69, 9.17) is 5.73 Å². The predicted molar refractivity (Wildman–Crippen MR) is 90.5 cm³/mol. The number of pyridine rings is 1. The quantitative estimate of drug-likeness (QED) is 0.442. The number of aromatic nitrogens is 2. The van der Waals surface area contributed by atoms with Gasteiger partial charge in [-0.1, -0.05) is 18.2 Å². The molecule has 0 aliphatic rings. The van der Waals surface area contributed by atoms with Crippen LogP contribution < -0.4 is 11.2 Å². The van der Waals surface area contributed by atoms with Crippen LogP contribution in [0.4, 0.5) is 5.69 Å². The summed E-state index contributed by atoms with van der Waals surface area (Å²) in [6.45, 7) is 3.63. The molecule has 23 heavy (non-hydrogen) atoms. The van der Waals surface area contributed by atoms with Crippen molar-refractivity contribution in [1.82, 2.24) is 14.8 Å². The minimum Gasteiger partial charge on any atom is -0.399 e. The SMILES string of the molecule is C/C(=N\NC(=O)c1c(C)nc2ccccn12)c1ccc(N)cc1. The molecule has 0 unspecified atom stereocenters. The number of nitrogen functional groups attached to an aromatic ring is 1. The Morgan fingerprint density at radius 1 is 1.22 bits per heavy atom. The highest BCUT2D eigenvalue weighted by atomic mass is 16.2. The van der Waals surface area contributed by atoms with Gasteiger partial charge in [-0.15, -0.1) is 0 Å². The fourth-order valence-electron chi connectivity index (χ4n) is 2.36. The van der Waals surface area contributed by atoms with Gasteiger partial charge in [0.15, 0.2) is 0 Å². The molecule has 0 saturated carbocycles. The van der Waals surface area contributed by atoms with E-state index in [0.717, 1.165) is 11.2 Å². The summed E-state index contributed by atoms with van der Waals surface area (Å²) in [5.74, 6) is -0.295. The third kappa shape index (κ3) is 2.91. The zero-order valence-electron chi connectivity index (χ0n) is 12.9.